The molecule has 0 aliphatic heterocycles. The Morgan fingerprint density at radius 3 is 2.63 bits per heavy atom. The summed E-state index contributed by atoms with van der Waals surface area (Å²) < 4.78 is 7.10. The molecular weight excluding hydrogens is 258 g/mol. The number of nitrogens with zero attached hydrogens (tertiary/aromatic N) is 3. The highest BCUT2D eigenvalue weighted by Crippen LogP contribution is 2.22. The first kappa shape index (κ1) is 14.1. The predicted molar refractivity (Wildman–Crippen MR) is 77.4 cm³/mol. The quantitative estimate of drug-likeness (QED) is 0.761. The topological polar surface area (TPSA) is 39.9 Å². The van der Waals surface area contributed by atoms with Crippen LogP contribution in [0.4, 0.5) is 0 Å². The second-order valence-corrected chi connectivity index (χ2v) is 5.53. The van der Waals surface area contributed by atoms with Crippen LogP contribution in [0.3, 0.4) is 0 Å². The average Bonchev–Trinajstić information content (AvgIpc) is 2.80. The lowest BCUT2D eigenvalue weighted by Crippen LogP contribution is -2.04. The van der Waals surface area contributed by atoms with E-state index in [2.05, 4.69) is 42.2 Å². The molecule has 19 heavy (non-hydrogen) atoms. The first-order valence-corrected chi connectivity index (χ1v) is 7.24. The third-order valence-corrected chi connectivity index (χ3v) is 3.82. The Morgan fingerprint density at radius 2 is 1.95 bits per heavy atom. The number of benzene rings is 1. The summed E-state index contributed by atoms with van der Waals surface area (Å²) in [6, 6.07) is 6.63. The summed E-state index contributed by atoms with van der Waals surface area (Å²) in [4.78, 5) is 0. The van der Waals surface area contributed by atoms with Crippen molar-refractivity contribution >= 4 is 11.8 Å². The maximum atomic E-state index is 5.08. The monoisotopic (exact) mass is 277 g/mol. The lowest BCUT2D eigenvalue weighted by molar-refractivity contribution is 0.184. The van der Waals surface area contributed by atoms with Gasteiger partial charge in [-0.1, -0.05) is 41.1 Å². The largest absolute Gasteiger partial charge is 0.383 e. The van der Waals surface area contributed by atoms with Gasteiger partial charge in [0.15, 0.2) is 5.16 Å². The lowest BCUT2D eigenvalue weighted by Gasteiger charge is -2.06. The summed E-state index contributed by atoms with van der Waals surface area (Å²) in [6.45, 7) is 5.72. The van der Waals surface area contributed by atoms with Crippen molar-refractivity contribution in [2.24, 2.45) is 0 Å². The fourth-order valence-corrected chi connectivity index (χ4v) is 2.87. The standard InChI is InChI=1S/C14H19N3OS/c1-11-6-12(2)8-13(7-11)9-19-14-16-15-10-17(14)4-5-18-3/h6-8,10H,4-5,9H2,1-3H3. The number of aromatic nitrogens is 3. The second kappa shape index (κ2) is 6.73. The predicted octanol–water partition coefficient (Wildman–Crippen LogP) is 2.83. The third kappa shape index (κ3) is 4.08. The van der Waals surface area contributed by atoms with Crippen LogP contribution in [-0.4, -0.2) is 28.5 Å². The van der Waals surface area contributed by atoms with Crippen LogP contribution in [0, 0.1) is 13.8 Å². The van der Waals surface area contributed by atoms with Crippen LogP contribution in [0.5, 0.6) is 0 Å². The van der Waals surface area contributed by atoms with Crippen LogP contribution in [0.2, 0.25) is 0 Å². The van der Waals surface area contributed by atoms with Gasteiger partial charge in [-0.05, 0) is 19.4 Å². The maximum Gasteiger partial charge on any atom is 0.191 e. The molecule has 0 N–H and O–H groups in total. The van der Waals surface area contributed by atoms with Crippen LogP contribution in [0.15, 0.2) is 29.7 Å². The van der Waals surface area contributed by atoms with Gasteiger partial charge in [0.2, 0.25) is 0 Å². The molecule has 0 saturated heterocycles. The van der Waals surface area contributed by atoms with Crippen molar-refractivity contribution in [3.8, 4) is 0 Å². The Morgan fingerprint density at radius 1 is 1.21 bits per heavy atom. The lowest BCUT2D eigenvalue weighted by atomic mass is 10.1. The normalized spacial score (nSPS) is 10.9. The van der Waals surface area contributed by atoms with Gasteiger partial charge in [-0.2, -0.15) is 0 Å². The smallest absolute Gasteiger partial charge is 0.191 e. The molecule has 0 aliphatic rings. The van der Waals surface area contributed by atoms with Gasteiger partial charge < -0.3 is 9.30 Å². The number of ether oxygens (including phenoxy) is 1. The second-order valence-electron chi connectivity index (χ2n) is 4.58. The molecule has 102 valence electrons. The molecule has 0 aliphatic carbocycles. The number of hydrogen-bond acceptors (Lipinski definition) is 4. The van der Waals surface area contributed by atoms with Crippen LogP contribution in [0.25, 0.3) is 0 Å². The molecule has 0 unspecified atom stereocenters. The fourth-order valence-electron chi connectivity index (χ4n) is 2.00. The minimum absolute atomic E-state index is 0.676. The minimum Gasteiger partial charge on any atom is -0.383 e. The van der Waals surface area contributed by atoms with Gasteiger partial charge in [-0.15, -0.1) is 10.2 Å². The zero-order valence-electron chi connectivity index (χ0n) is 11.6. The van der Waals surface area contributed by atoms with E-state index in [-0.39, 0.29) is 0 Å². The van der Waals surface area contributed by atoms with Crippen molar-refractivity contribution in [2.75, 3.05) is 13.7 Å². The zero-order valence-corrected chi connectivity index (χ0v) is 12.4. The van der Waals surface area contributed by atoms with Crippen molar-refractivity contribution in [1.29, 1.82) is 0 Å². The summed E-state index contributed by atoms with van der Waals surface area (Å²) in [7, 11) is 1.70. The molecule has 0 radical (unpaired) electrons. The number of thioether (sulfide) groups is 1. The Labute approximate surface area is 118 Å². The van der Waals surface area contributed by atoms with Crippen molar-refractivity contribution in [3.63, 3.8) is 0 Å². The van der Waals surface area contributed by atoms with E-state index in [1.807, 2.05) is 4.57 Å². The Balaban J connectivity index is 2.00. The van der Waals surface area contributed by atoms with E-state index in [1.165, 1.54) is 16.7 Å². The number of rotatable bonds is 6. The van der Waals surface area contributed by atoms with E-state index in [4.69, 9.17) is 4.74 Å². The van der Waals surface area contributed by atoms with E-state index in [0.717, 1.165) is 17.5 Å². The van der Waals surface area contributed by atoms with Crippen molar-refractivity contribution < 1.29 is 4.74 Å². The number of hydrogen-bond donors (Lipinski definition) is 0. The Bertz CT molecular complexity index is 519. The highest BCUT2D eigenvalue weighted by molar-refractivity contribution is 7.98. The molecule has 1 aromatic carbocycles. The van der Waals surface area contributed by atoms with Gasteiger partial charge in [0, 0.05) is 19.4 Å². The molecule has 0 saturated carbocycles. The van der Waals surface area contributed by atoms with E-state index in [0.29, 0.717) is 6.61 Å². The molecule has 1 heterocycles. The van der Waals surface area contributed by atoms with Crippen molar-refractivity contribution in [1.82, 2.24) is 14.8 Å². The van der Waals surface area contributed by atoms with Crippen LogP contribution < -0.4 is 0 Å². The highest BCUT2D eigenvalue weighted by Gasteiger charge is 2.05. The van der Waals surface area contributed by atoms with E-state index >= 15 is 0 Å². The first-order chi connectivity index (χ1) is 9.19. The molecular formula is C14H19N3OS. The number of aryl methyl sites for hydroxylation is 2. The van der Waals surface area contributed by atoms with Crippen LogP contribution in [0.1, 0.15) is 16.7 Å². The van der Waals surface area contributed by atoms with E-state index in [9.17, 15) is 0 Å². The molecule has 0 atom stereocenters. The Kier molecular flexibility index (Phi) is 4.99. The molecule has 0 spiro atoms. The molecule has 2 rings (SSSR count). The molecule has 2 aromatic rings. The Hall–Kier alpha value is -1.33. The SMILES string of the molecule is COCCn1cnnc1SCc1cc(C)cc(C)c1. The maximum absolute atomic E-state index is 5.08. The van der Waals surface area contributed by atoms with Crippen molar-refractivity contribution in [2.45, 2.75) is 31.3 Å². The summed E-state index contributed by atoms with van der Waals surface area (Å²) in [5.74, 6) is 0.911. The van der Waals surface area contributed by atoms with Gasteiger partial charge in [-0.3, -0.25) is 0 Å². The number of methoxy groups -OCH3 is 1. The summed E-state index contributed by atoms with van der Waals surface area (Å²) >= 11 is 1.71. The summed E-state index contributed by atoms with van der Waals surface area (Å²) in [6.07, 6.45) is 1.75. The highest BCUT2D eigenvalue weighted by atomic mass is 32.2. The molecule has 4 nitrogen and oxygen atoms in total. The average molecular weight is 277 g/mol. The van der Waals surface area contributed by atoms with Gasteiger partial charge in [0.1, 0.15) is 6.33 Å². The van der Waals surface area contributed by atoms with Gasteiger partial charge in [-0.25, -0.2) is 0 Å². The third-order valence-electron chi connectivity index (χ3n) is 2.77. The molecule has 0 bridgehead atoms. The fraction of sp³-hybridized carbons (Fsp3) is 0.429. The summed E-state index contributed by atoms with van der Waals surface area (Å²) in [5.41, 5.74) is 3.93. The molecule has 0 amide bonds. The van der Waals surface area contributed by atoms with Gasteiger partial charge in [0.05, 0.1) is 6.61 Å². The van der Waals surface area contributed by atoms with E-state index in [1.54, 1.807) is 25.2 Å². The summed E-state index contributed by atoms with van der Waals surface area (Å²) in [5, 5.41) is 9.05. The van der Waals surface area contributed by atoms with Gasteiger partial charge >= 0.3 is 0 Å². The van der Waals surface area contributed by atoms with Crippen LogP contribution in [-0.2, 0) is 17.0 Å². The van der Waals surface area contributed by atoms with Crippen molar-refractivity contribution in [3.05, 3.63) is 41.2 Å². The van der Waals surface area contributed by atoms with E-state index < -0.39 is 0 Å². The molecule has 5 heteroatoms. The first-order valence-electron chi connectivity index (χ1n) is 6.26. The zero-order chi connectivity index (χ0) is 13.7. The van der Waals surface area contributed by atoms with Crippen LogP contribution >= 0.6 is 11.8 Å². The minimum atomic E-state index is 0.676. The molecule has 1 aromatic heterocycles. The molecule has 0 fully saturated rings. The van der Waals surface area contributed by atoms with Gasteiger partial charge in [0.25, 0.3) is 0 Å².